The average Bonchev–Trinajstić information content (AvgIpc) is 2.53. The summed E-state index contributed by atoms with van der Waals surface area (Å²) in [7, 11) is 1.63. The van der Waals surface area contributed by atoms with Crippen LogP contribution in [0.3, 0.4) is 0 Å². The second-order valence-electron chi connectivity index (χ2n) is 5.98. The first-order valence-corrected chi connectivity index (χ1v) is 8.30. The standard InChI is InChI=1S/C19H23BrO2/c1-5-19(2,3)14-10-11-18(22-13-21-4)16(12-14)15-8-6-7-9-17(15)20/h6-12H,5,13H2,1-4H3. The maximum Gasteiger partial charge on any atom is 0.188 e. The van der Waals surface area contributed by atoms with Gasteiger partial charge in [-0.05, 0) is 41.2 Å². The van der Waals surface area contributed by atoms with Gasteiger partial charge in [-0.2, -0.15) is 0 Å². The minimum atomic E-state index is 0.135. The quantitative estimate of drug-likeness (QED) is 0.605. The Kier molecular flexibility index (Phi) is 5.65. The van der Waals surface area contributed by atoms with Crippen LogP contribution in [0.15, 0.2) is 46.9 Å². The molecule has 0 aliphatic carbocycles. The van der Waals surface area contributed by atoms with E-state index in [9.17, 15) is 0 Å². The van der Waals surface area contributed by atoms with Crippen molar-refractivity contribution in [1.82, 2.24) is 0 Å². The third-order valence-corrected chi connectivity index (χ3v) is 4.83. The molecule has 2 nitrogen and oxygen atoms in total. The molecule has 0 aliphatic heterocycles. The topological polar surface area (TPSA) is 18.5 Å². The van der Waals surface area contributed by atoms with Crippen molar-refractivity contribution < 1.29 is 9.47 Å². The van der Waals surface area contributed by atoms with E-state index in [0.29, 0.717) is 0 Å². The summed E-state index contributed by atoms with van der Waals surface area (Å²) in [5, 5.41) is 0. The van der Waals surface area contributed by atoms with Crippen LogP contribution in [0.2, 0.25) is 0 Å². The molecule has 0 fully saturated rings. The summed E-state index contributed by atoms with van der Waals surface area (Å²) >= 11 is 3.64. The van der Waals surface area contributed by atoms with Crippen molar-refractivity contribution in [1.29, 1.82) is 0 Å². The highest BCUT2D eigenvalue weighted by Gasteiger charge is 2.20. The van der Waals surface area contributed by atoms with Gasteiger partial charge in [-0.15, -0.1) is 0 Å². The third-order valence-electron chi connectivity index (χ3n) is 4.14. The third kappa shape index (κ3) is 3.71. The van der Waals surface area contributed by atoms with E-state index in [1.54, 1.807) is 7.11 Å². The van der Waals surface area contributed by atoms with Crippen molar-refractivity contribution in [2.75, 3.05) is 13.9 Å². The van der Waals surface area contributed by atoms with E-state index in [-0.39, 0.29) is 12.2 Å². The minimum absolute atomic E-state index is 0.135. The summed E-state index contributed by atoms with van der Waals surface area (Å²) in [6.45, 7) is 6.99. The van der Waals surface area contributed by atoms with Gasteiger partial charge < -0.3 is 9.47 Å². The van der Waals surface area contributed by atoms with Crippen LogP contribution in [-0.4, -0.2) is 13.9 Å². The van der Waals surface area contributed by atoms with Gasteiger partial charge in [0.25, 0.3) is 0 Å². The van der Waals surface area contributed by atoms with Crippen LogP contribution in [0.25, 0.3) is 11.1 Å². The first kappa shape index (κ1) is 17.0. The second-order valence-corrected chi connectivity index (χ2v) is 6.83. The zero-order valence-corrected chi connectivity index (χ0v) is 15.2. The molecule has 0 saturated carbocycles. The van der Waals surface area contributed by atoms with Gasteiger partial charge in [0.1, 0.15) is 5.75 Å². The number of ether oxygens (including phenoxy) is 2. The van der Waals surface area contributed by atoms with Gasteiger partial charge in [-0.1, -0.05) is 61.0 Å². The first-order chi connectivity index (χ1) is 10.5. The molecule has 2 rings (SSSR count). The Morgan fingerprint density at radius 3 is 2.41 bits per heavy atom. The van der Waals surface area contributed by atoms with Crippen LogP contribution in [0.5, 0.6) is 5.75 Å². The fourth-order valence-corrected chi connectivity index (χ4v) is 2.79. The van der Waals surface area contributed by atoms with E-state index in [1.807, 2.05) is 24.3 Å². The normalized spacial score (nSPS) is 11.5. The molecule has 0 unspecified atom stereocenters. The first-order valence-electron chi connectivity index (χ1n) is 7.50. The van der Waals surface area contributed by atoms with E-state index < -0.39 is 0 Å². The Bertz CT molecular complexity index is 635. The highest BCUT2D eigenvalue weighted by atomic mass is 79.9. The number of benzene rings is 2. The summed E-state index contributed by atoms with van der Waals surface area (Å²) in [5.41, 5.74) is 3.66. The van der Waals surface area contributed by atoms with E-state index in [0.717, 1.165) is 27.8 Å². The van der Waals surface area contributed by atoms with Gasteiger partial charge in [0.2, 0.25) is 0 Å². The predicted octanol–water partition coefficient (Wildman–Crippen LogP) is 5.79. The van der Waals surface area contributed by atoms with Gasteiger partial charge in [-0.3, -0.25) is 0 Å². The van der Waals surface area contributed by atoms with Gasteiger partial charge in [-0.25, -0.2) is 0 Å². The van der Waals surface area contributed by atoms with E-state index in [2.05, 4.69) is 54.9 Å². The Hall–Kier alpha value is -1.32. The van der Waals surface area contributed by atoms with Crippen LogP contribution >= 0.6 is 15.9 Å². The van der Waals surface area contributed by atoms with E-state index >= 15 is 0 Å². The molecule has 0 aromatic heterocycles. The monoisotopic (exact) mass is 362 g/mol. The second kappa shape index (κ2) is 7.30. The van der Waals surface area contributed by atoms with Crippen molar-refractivity contribution in [3.63, 3.8) is 0 Å². The minimum Gasteiger partial charge on any atom is -0.467 e. The van der Waals surface area contributed by atoms with Gasteiger partial charge in [0.15, 0.2) is 6.79 Å². The average molecular weight is 363 g/mol. The number of rotatable bonds is 6. The Labute approximate surface area is 141 Å². The lowest BCUT2D eigenvalue weighted by molar-refractivity contribution is 0.0515. The van der Waals surface area contributed by atoms with Crippen molar-refractivity contribution >= 4 is 15.9 Å². The molecule has 0 heterocycles. The molecule has 2 aromatic carbocycles. The zero-order chi connectivity index (χ0) is 16.2. The van der Waals surface area contributed by atoms with Crippen molar-refractivity contribution in [2.24, 2.45) is 0 Å². The predicted molar refractivity (Wildman–Crippen MR) is 95.4 cm³/mol. The molecule has 0 spiro atoms. The lowest BCUT2D eigenvalue weighted by Crippen LogP contribution is -2.15. The molecule has 0 aliphatic rings. The van der Waals surface area contributed by atoms with Crippen molar-refractivity contribution in [2.45, 2.75) is 32.6 Å². The molecule has 3 heteroatoms. The van der Waals surface area contributed by atoms with Gasteiger partial charge >= 0.3 is 0 Å². The smallest absolute Gasteiger partial charge is 0.188 e. The highest BCUT2D eigenvalue weighted by molar-refractivity contribution is 9.10. The van der Waals surface area contributed by atoms with E-state index in [4.69, 9.17) is 9.47 Å². The summed E-state index contributed by atoms with van der Waals surface area (Å²) in [6, 6.07) is 14.6. The molecule has 118 valence electrons. The molecule has 0 saturated heterocycles. The fraction of sp³-hybridized carbons (Fsp3) is 0.368. The number of halogens is 1. The molecule has 0 bridgehead atoms. The van der Waals surface area contributed by atoms with Crippen LogP contribution in [0.4, 0.5) is 0 Å². The summed E-state index contributed by atoms with van der Waals surface area (Å²) in [6.07, 6.45) is 1.08. The van der Waals surface area contributed by atoms with Crippen LogP contribution in [0, 0.1) is 0 Å². The van der Waals surface area contributed by atoms with Crippen LogP contribution in [0.1, 0.15) is 32.8 Å². The highest BCUT2D eigenvalue weighted by Crippen LogP contribution is 2.38. The maximum absolute atomic E-state index is 5.75. The van der Waals surface area contributed by atoms with Gasteiger partial charge in [0, 0.05) is 17.1 Å². The molecule has 0 N–H and O–H groups in total. The number of hydrogen-bond acceptors (Lipinski definition) is 2. The molecule has 0 radical (unpaired) electrons. The van der Waals surface area contributed by atoms with Gasteiger partial charge in [0.05, 0.1) is 0 Å². The molecular formula is C19H23BrO2. The maximum atomic E-state index is 5.75. The molecule has 2 aromatic rings. The Balaban J connectivity index is 2.56. The molecular weight excluding hydrogens is 340 g/mol. The van der Waals surface area contributed by atoms with Crippen molar-refractivity contribution in [3.05, 3.63) is 52.5 Å². The lowest BCUT2D eigenvalue weighted by Gasteiger charge is -2.25. The zero-order valence-electron chi connectivity index (χ0n) is 13.7. The van der Waals surface area contributed by atoms with Crippen molar-refractivity contribution in [3.8, 4) is 16.9 Å². The van der Waals surface area contributed by atoms with E-state index in [1.165, 1.54) is 5.56 Å². The lowest BCUT2D eigenvalue weighted by atomic mass is 9.81. The van der Waals surface area contributed by atoms with Crippen LogP contribution in [-0.2, 0) is 10.2 Å². The molecule has 22 heavy (non-hydrogen) atoms. The Morgan fingerprint density at radius 2 is 1.77 bits per heavy atom. The summed E-state index contributed by atoms with van der Waals surface area (Å²) in [4.78, 5) is 0. The Morgan fingerprint density at radius 1 is 1.05 bits per heavy atom. The SMILES string of the molecule is CCC(C)(C)c1ccc(OCOC)c(-c2ccccc2Br)c1. The number of methoxy groups -OCH3 is 1. The number of hydrogen-bond donors (Lipinski definition) is 0. The largest absolute Gasteiger partial charge is 0.467 e. The fourth-order valence-electron chi connectivity index (χ4n) is 2.29. The van der Waals surface area contributed by atoms with Crippen LogP contribution < -0.4 is 4.74 Å². The summed E-state index contributed by atoms with van der Waals surface area (Å²) in [5.74, 6) is 0.837. The molecule has 0 amide bonds. The summed E-state index contributed by atoms with van der Waals surface area (Å²) < 4.78 is 11.9. The molecule has 0 atom stereocenters.